The Hall–Kier alpha value is -0.650. The molecule has 0 radical (unpaired) electrons. The summed E-state index contributed by atoms with van der Waals surface area (Å²) in [6, 6.07) is 0. The van der Waals surface area contributed by atoms with Crippen molar-refractivity contribution in [1.82, 2.24) is 5.32 Å². The third-order valence-corrected chi connectivity index (χ3v) is 2.88. The van der Waals surface area contributed by atoms with E-state index in [0.29, 0.717) is 32.8 Å². The number of nitrogens with one attached hydrogen (secondary N) is 1. The Balaban J connectivity index is 2.08. The Morgan fingerprint density at radius 1 is 1.53 bits per heavy atom. The van der Waals surface area contributed by atoms with Crippen LogP contribution in [0.4, 0.5) is 0 Å². The van der Waals surface area contributed by atoms with E-state index in [1.165, 1.54) is 0 Å². The zero-order chi connectivity index (χ0) is 10.7. The maximum atomic E-state index is 11.7. The first kappa shape index (κ1) is 10.9. The number of carbonyl (C=O) groups is 1. The summed E-state index contributed by atoms with van der Waals surface area (Å²) < 4.78 is 16.2. The normalized spacial score (nSPS) is 29.3. The van der Waals surface area contributed by atoms with Crippen molar-refractivity contribution in [3.8, 4) is 0 Å². The van der Waals surface area contributed by atoms with E-state index in [0.717, 1.165) is 6.54 Å². The standard InChI is InChI=1S/C10H17NO4/c1-2-13-9(12)8-7-11-4-3-10(8)14-5-6-15-10/h8,11H,2-7H2,1H3/t8-/m0/s1. The monoisotopic (exact) mass is 215 g/mol. The number of esters is 1. The molecule has 0 aromatic heterocycles. The number of rotatable bonds is 2. The molecule has 1 spiro atoms. The maximum Gasteiger partial charge on any atom is 0.315 e. The number of hydrogen-bond acceptors (Lipinski definition) is 5. The fourth-order valence-corrected chi connectivity index (χ4v) is 2.16. The highest BCUT2D eigenvalue weighted by Gasteiger charge is 2.50. The third kappa shape index (κ3) is 2.00. The van der Waals surface area contributed by atoms with Gasteiger partial charge in [-0.15, -0.1) is 0 Å². The van der Waals surface area contributed by atoms with Crippen molar-refractivity contribution in [2.45, 2.75) is 19.1 Å². The Bertz CT molecular complexity index is 238. The SMILES string of the molecule is CCOC(=O)[C@@H]1CNCCC12OCCO2. The largest absolute Gasteiger partial charge is 0.466 e. The van der Waals surface area contributed by atoms with Crippen molar-refractivity contribution in [3.05, 3.63) is 0 Å². The molecule has 5 heteroatoms. The number of ether oxygens (including phenoxy) is 3. The Kier molecular flexibility index (Phi) is 3.23. The Morgan fingerprint density at radius 2 is 2.27 bits per heavy atom. The van der Waals surface area contributed by atoms with Crippen LogP contribution in [0.25, 0.3) is 0 Å². The molecule has 0 aromatic rings. The summed E-state index contributed by atoms with van der Waals surface area (Å²) in [6.07, 6.45) is 0.705. The second kappa shape index (κ2) is 4.47. The second-order valence-corrected chi connectivity index (χ2v) is 3.77. The van der Waals surface area contributed by atoms with Crippen LogP contribution in [-0.4, -0.2) is 44.7 Å². The van der Waals surface area contributed by atoms with E-state index in [-0.39, 0.29) is 11.9 Å². The van der Waals surface area contributed by atoms with E-state index < -0.39 is 5.79 Å². The molecule has 1 atom stereocenters. The van der Waals surface area contributed by atoms with Gasteiger partial charge in [-0.2, -0.15) is 0 Å². The molecular formula is C10H17NO4. The summed E-state index contributed by atoms with van der Waals surface area (Å²) in [6.45, 7) is 4.71. The van der Waals surface area contributed by atoms with Gasteiger partial charge in [-0.25, -0.2) is 0 Å². The minimum Gasteiger partial charge on any atom is -0.466 e. The fraction of sp³-hybridized carbons (Fsp3) is 0.900. The molecule has 2 aliphatic heterocycles. The van der Waals surface area contributed by atoms with Crippen LogP contribution >= 0.6 is 0 Å². The van der Waals surface area contributed by atoms with Gasteiger partial charge in [-0.1, -0.05) is 0 Å². The quantitative estimate of drug-likeness (QED) is 0.652. The molecule has 0 amide bonds. The van der Waals surface area contributed by atoms with Crippen molar-refractivity contribution in [3.63, 3.8) is 0 Å². The molecule has 2 aliphatic rings. The van der Waals surface area contributed by atoms with Gasteiger partial charge < -0.3 is 19.5 Å². The average molecular weight is 215 g/mol. The van der Waals surface area contributed by atoms with Crippen LogP contribution in [-0.2, 0) is 19.0 Å². The average Bonchev–Trinajstić information content (AvgIpc) is 2.68. The van der Waals surface area contributed by atoms with Crippen LogP contribution in [0.1, 0.15) is 13.3 Å². The van der Waals surface area contributed by atoms with Gasteiger partial charge in [-0.05, 0) is 6.92 Å². The first-order valence-corrected chi connectivity index (χ1v) is 5.44. The lowest BCUT2D eigenvalue weighted by Gasteiger charge is -2.37. The first-order chi connectivity index (χ1) is 7.28. The molecule has 15 heavy (non-hydrogen) atoms. The van der Waals surface area contributed by atoms with E-state index in [9.17, 15) is 4.79 Å². The van der Waals surface area contributed by atoms with E-state index in [2.05, 4.69) is 5.32 Å². The van der Waals surface area contributed by atoms with E-state index in [1.54, 1.807) is 6.92 Å². The van der Waals surface area contributed by atoms with Gasteiger partial charge in [0.25, 0.3) is 0 Å². The van der Waals surface area contributed by atoms with E-state index >= 15 is 0 Å². The molecule has 2 saturated heterocycles. The predicted octanol–water partition coefficient (Wildman–Crippen LogP) is -0.0979. The van der Waals surface area contributed by atoms with Crippen molar-refractivity contribution in [2.75, 3.05) is 32.9 Å². The van der Waals surface area contributed by atoms with Crippen LogP contribution in [0.5, 0.6) is 0 Å². The van der Waals surface area contributed by atoms with Gasteiger partial charge in [0.2, 0.25) is 0 Å². The fourth-order valence-electron chi connectivity index (χ4n) is 2.16. The van der Waals surface area contributed by atoms with Crippen molar-refractivity contribution in [2.24, 2.45) is 5.92 Å². The lowest BCUT2D eigenvalue weighted by molar-refractivity contribution is -0.217. The summed E-state index contributed by atoms with van der Waals surface area (Å²) in [5, 5.41) is 3.16. The maximum absolute atomic E-state index is 11.7. The highest BCUT2D eigenvalue weighted by Crippen LogP contribution is 2.34. The smallest absolute Gasteiger partial charge is 0.315 e. The van der Waals surface area contributed by atoms with Gasteiger partial charge in [0, 0.05) is 19.5 Å². The van der Waals surface area contributed by atoms with Gasteiger partial charge in [-0.3, -0.25) is 4.79 Å². The van der Waals surface area contributed by atoms with Crippen LogP contribution in [0.2, 0.25) is 0 Å². The summed E-state index contributed by atoms with van der Waals surface area (Å²) >= 11 is 0. The minimum absolute atomic E-state index is 0.230. The molecule has 0 bridgehead atoms. The molecule has 1 N–H and O–H groups in total. The second-order valence-electron chi connectivity index (χ2n) is 3.77. The first-order valence-electron chi connectivity index (χ1n) is 5.44. The Labute approximate surface area is 89.1 Å². The van der Waals surface area contributed by atoms with Gasteiger partial charge in [0.1, 0.15) is 5.92 Å². The Morgan fingerprint density at radius 3 is 2.93 bits per heavy atom. The summed E-state index contributed by atoms with van der Waals surface area (Å²) in [7, 11) is 0. The highest BCUT2D eigenvalue weighted by atomic mass is 16.7. The minimum atomic E-state index is -0.725. The molecule has 5 nitrogen and oxygen atoms in total. The van der Waals surface area contributed by atoms with Crippen LogP contribution < -0.4 is 5.32 Å². The molecule has 0 saturated carbocycles. The lowest BCUT2D eigenvalue weighted by Crippen LogP contribution is -2.54. The number of carbonyl (C=O) groups excluding carboxylic acids is 1. The molecule has 2 heterocycles. The zero-order valence-corrected chi connectivity index (χ0v) is 8.95. The van der Waals surface area contributed by atoms with Gasteiger partial charge in [0.05, 0.1) is 19.8 Å². The molecule has 0 aromatic carbocycles. The number of hydrogen-bond donors (Lipinski definition) is 1. The van der Waals surface area contributed by atoms with Crippen molar-refractivity contribution < 1.29 is 19.0 Å². The van der Waals surface area contributed by atoms with Crippen molar-refractivity contribution in [1.29, 1.82) is 0 Å². The predicted molar refractivity (Wildman–Crippen MR) is 52.2 cm³/mol. The number of piperidine rings is 1. The molecule has 0 aliphatic carbocycles. The lowest BCUT2D eigenvalue weighted by atomic mass is 9.92. The highest BCUT2D eigenvalue weighted by molar-refractivity contribution is 5.74. The van der Waals surface area contributed by atoms with E-state index in [4.69, 9.17) is 14.2 Å². The van der Waals surface area contributed by atoms with Gasteiger partial charge in [0.15, 0.2) is 5.79 Å². The van der Waals surface area contributed by atoms with E-state index in [1.807, 2.05) is 0 Å². The molecule has 0 unspecified atom stereocenters. The zero-order valence-electron chi connectivity index (χ0n) is 8.95. The summed E-state index contributed by atoms with van der Waals surface area (Å²) in [4.78, 5) is 11.7. The summed E-state index contributed by atoms with van der Waals surface area (Å²) in [5.74, 6) is -1.29. The summed E-state index contributed by atoms with van der Waals surface area (Å²) in [5.41, 5.74) is 0. The molecular weight excluding hydrogens is 198 g/mol. The molecule has 2 rings (SSSR count). The van der Waals surface area contributed by atoms with Crippen LogP contribution in [0, 0.1) is 5.92 Å². The van der Waals surface area contributed by atoms with Crippen molar-refractivity contribution >= 4 is 5.97 Å². The molecule has 2 fully saturated rings. The third-order valence-electron chi connectivity index (χ3n) is 2.88. The van der Waals surface area contributed by atoms with Crippen LogP contribution in [0.15, 0.2) is 0 Å². The topological polar surface area (TPSA) is 56.8 Å². The molecule has 86 valence electrons. The van der Waals surface area contributed by atoms with Crippen LogP contribution in [0.3, 0.4) is 0 Å². The van der Waals surface area contributed by atoms with Gasteiger partial charge >= 0.3 is 5.97 Å².